The molecule has 0 saturated carbocycles. The fourth-order valence-corrected chi connectivity index (χ4v) is 5.29. The van der Waals surface area contributed by atoms with Crippen LogP contribution in [-0.2, 0) is 10.4 Å². The highest BCUT2D eigenvalue weighted by molar-refractivity contribution is 6.34. The van der Waals surface area contributed by atoms with Gasteiger partial charge in [0.25, 0.3) is 17.4 Å². The van der Waals surface area contributed by atoms with Crippen LogP contribution in [0, 0.1) is 5.92 Å². The smallest absolute Gasteiger partial charge is 0.430 e. The second-order valence-electron chi connectivity index (χ2n) is 10.9. The molecular formula is C30H39ClF3N3O4. The molecule has 0 spiro atoms. The van der Waals surface area contributed by atoms with E-state index in [2.05, 4.69) is 4.90 Å². The SMILES string of the molecule is COc1cccc(C(O)(C(=O)N(C)CCCC2CCN(c3ccc(C(=O)N(C)C(C)C)c(Cl)c3)CC2)C(F)(F)F)c1. The number of nitrogens with zero attached hydrogens (tertiary/aromatic N) is 3. The fourth-order valence-electron chi connectivity index (χ4n) is 5.03. The van der Waals surface area contributed by atoms with E-state index in [0.29, 0.717) is 22.9 Å². The van der Waals surface area contributed by atoms with Crippen molar-refractivity contribution in [2.75, 3.05) is 45.7 Å². The van der Waals surface area contributed by atoms with Crippen molar-refractivity contribution in [3.63, 3.8) is 0 Å². The van der Waals surface area contributed by atoms with Crippen LogP contribution >= 0.6 is 11.6 Å². The Morgan fingerprint density at radius 1 is 1.12 bits per heavy atom. The summed E-state index contributed by atoms with van der Waals surface area (Å²) < 4.78 is 47.0. The van der Waals surface area contributed by atoms with E-state index in [-0.39, 0.29) is 24.2 Å². The first-order chi connectivity index (χ1) is 19.2. The molecular weight excluding hydrogens is 559 g/mol. The molecule has 1 aliphatic heterocycles. The highest BCUT2D eigenvalue weighted by Gasteiger charge is 2.61. The maximum Gasteiger partial charge on any atom is 0.430 e. The van der Waals surface area contributed by atoms with E-state index in [1.165, 1.54) is 26.3 Å². The zero-order chi connectivity index (χ0) is 30.5. The number of benzene rings is 2. The van der Waals surface area contributed by atoms with Crippen LogP contribution in [-0.4, -0.2) is 79.8 Å². The molecule has 3 rings (SSSR count). The number of ether oxygens (including phenoxy) is 1. The summed E-state index contributed by atoms with van der Waals surface area (Å²) in [5.41, 5.74) is -2.86. The van der Waals surface area contributed by atoms with E-state index in [0.717, 1.165) is 55.1 Å². The average molecular weight is 598 g/mol. The minimum atomic E-state index is -5.21. The third-order valence-corrected chi connectivity index (χ3v) is 8.23. The summed E-state index contributed by atoms with van der Waals surface area (Å²) in [6.07, 6.45) is -2.21. The molecule has 2 amide bonds. The zero-order valence-electron chi connectivity index (χ0n) is 24.2. The van der Waals surface area contributed by atoms with Gasteiger partial charge < -0.3 is 24.5 Å². The summed E-state index contributed by atoms with van der Waals surface area (Å²) >= 11 is 6.46. The molecule has 0 radical (unpaired) electrons. The summed E-state index contributed by atoms with van der Waals surface area (Å²) in [5.74, 6) is -1.09. The maximum absolute atomic E-state index is 14.0. The van der Waals surface area contributed by atoms with E-state index < -0.39 is 23.2 Å². The number of carbonyl (C=O) groups excluding carboxylic acids is 2. The first-order valence-corrected chi connectivity index (χ1v) is 14.1. The number of rotatable bonds is 10. The van der Waals surface area contributed by atoms with Crippen LogP contribution in [0.25, 0.3) is 0 Å². The minimum absolute atomic E-state index is 0.0546. The van der Waals surface area contributed by atoms with Gasteiger partial charge >= 0.3 is 6.18 Å². The van der Waals surface area contributed by atoms with Gasteiger partial charge in [-0.05, 0) is 75.8 Å². The number of methoxy groups -OCH3 is 1. The average Bonchev–Trinajstić information content (AvgIpc) is 2.95. The van der Waals surface area contributed by atoms with Gasteiger partial charge in [-0.1, -0.05) is 23.7 Å². The third kappa shape index (κ3) is 7.27. The van der Waals surface area contributed by atoms with Gasteiger partial charge in [0.05, 0.1) is 17.7 Å². The van der Waals surface area contributed by atoms with E-state index in [9.17, 15) is 27.9 Å². The van der Waals surface area contributed by atoms with Crippen molar-refractivity contribution in [3.05, 3.63) is 58.6 Å². The van der Waals surface area contributed by atoms with E-state index >= 15 is 0 Å². The molecule has 11 heteroatoms. The molecule has 1 unspecified atom stereocenters. The number of aliphatic hydroxyl groups is 1. The lowest BCUT2D eigenvalue weighted by molar-refractivity contribution is -0.261. The largest absolute Gasteiger partial charge is 0.497 e. The quantitative estimate of drug-likeness (QED) is 0.378. The Labute approximate surface area is 244 Å². The van der Waals surface area contributed by atoms with Crippen molar-refractivity contribution in [2.45, 2.75) is 57.3 Å². The summed E-state index contributed by atoms with van der Waals surface area (Å²) in [4.78, 5) is 30.4. The molecule has 1 saturated heterocycles. The Morgan fingerprint density at radius 3 is 2.34 bits per heavy atom. The number of halogens is 4. The van der Waals surface area contributed by atoms with Gasteiger partial charge in [-0.15, -0.1) is 0 Å². The van der Waals surface area contributed by atoms with Crippen LogP contribution in [0.2, 0.25) is 5.02 Å². The predicted molar refractivity (Wildman–Crippen MR) is 153 cm³/mol. The van der Waals surface area contributed by atoms with Crippen LogP contribution in [0.4, 0.5) is 18.9 Å². The Bertz CT molecular complexity index is 1220. The summed E-state index contributed by atoms with van der Waals surface area (Å²) in [6.45, 7) is 5.50. The van der Waals surface area contributed by atoms with E-state index in [1.807, 2.05) is 26.0 Å². The van der Waals surface area contributed by atoms with Gasteiger partial charge in [0.1, 0.15) is 5.75 Å². The zero-order valence-corrected chi connectivity index (χ0v) is 24.9. The van der Waals surface area contributed by atoms with Crippen molar-refractivity contribution in [1.82, 2.24) is 9.80 Å². The molecule has 0 aliphatic carbocycles. The number of piperidine rings is 1. The Kier molecular flexibility index (Phi) is 10.6. The summed E-state index contributed by atoms with van der Waals surface area (Å²) in [7, 11) is 4.32. The normalized spacial score (nSPS) is 15.9. The van der Waals surface area contributed by atoms with Gasteiger partial charge in [-0.25, -0.2) is 0 Å². The number of hydrogen-bond acceptors (Lipinski definition) is 5. The molecule has 1 N–H and O–H groups in total. The lowest BCUT2D eigenvalue weighted by Gasteiger charge is -2.35. The molecule has 1 fully saturated rings. The highest BCUT2D eigenvalue weighted by atomic mass is 35.5. The van der Waals surface area contributed by atoms with Gasteiger partial charge in [-0.3, -0.25) is 9.59 Å². The van der Waals surface area contributed by atoms with Gasteiger partial charge in [0, 0.05) is 51.0 Å². The van der Waals surface area contributed by atoms with Crippen LogP contribution in [0.15, 0.2) is 42.5 Å². The Balaban J connectivity index is 1.55. The second kappa shape index (κ2) is 13.3. The van der Waals surface area contributed by atoms with Gasteiger partial charge in [0.2, 0.25) is 0 Å². The molecule has 1 aliphatic rings. The molecule has 41 heavy (non-hydrogen) atoms. The van der Waals surface area contributed by atoms with Crippen LogP contribution in [0.1, 0.15) is 55.5 Å². The molecule has 0 bridgehead atoms. The standard InChI is InChI=1S/C30H39ClF3N3O4/c1-20(2)36(4)27(38)25-12-11-23(19-26(25)31)37-16-13-21(14-17-37)8-7-15-35(3)28(39)29(40,30(32,33)34)22-9-6-10-24(18-22)41-5/h6,9-12,18-21,40H,7-8,13-17H2,1-5H3. The fraction of sp³-hybridized carbons (Fsp3) is 0.533. The third-order valence-electron chi connectivity index (χ3n) is 7.92. The number of anilines is 1. The van der Waals surface area contributed by atoms with Crippen LogP contribution < -0.4 is 9.64 Å². The van der Waals surface area contributed by atoms with Crippen LogP contribution in [0.3, 0.4) is 0 Å². The Morgan fingerprint density at radius 2 is 1.78 bits per heavy atom. The van der Waals surface area contributed by atoms with Gasteiger partial charge in [0.15, 0.2) is 0 Å². The molecule has 1 atom stereocenters. The highest BCUT2D eigenvalue weighted by Crippen LogP contribution is 2.41. The Hall–Kier alpha value is -2.98. The monoisotopic (exact) mass is 597 g/mol. The predicted octanol–water partition coefficient (Wildman–Crippen LogP) is 5.73. The van der Waals surface area contributed by atoms with Crippen LogP contribution in [0.5, 0.6) is 5.75 Å². The van der Waals surface area contributed by atoms with Crippen molar-refractivity contribution in [1.29, 1.82) is 0 Å². The van der Waals surface area contributed by atoms with Gasteiger partial charge in [-0.2, -0.15) is 13.2 Å². The van der Waals surface area contributed by atoms with Crippen molar-refractivity contribution < 1.29 is 32.6 Å². The van der Waals surface area contributed by atoms with E-state index in [1.54, 1.807) is 18.0 Å². The second-order valence-corrected chi connectivity index (χ2v) is 11.3. The first-order valence-electron chi connectivity index (χ1n) is 13.7. The molecule has 2 aromatic carbocycles. The number of alkyl halides is 3. The molecule has 1 heterocycles. The summed E-state index contributed by atoms with van der Waals surface area (Å²) in [5, 5.41) is 11.1. The molecule has 2 aromatic rings. The molecule has 0 aromatic heterocycles. The van der Waals surface area contributed by atoms with Crippen molar-refractivity contribution >= 4 is 29.1 Å². The number of carbonyl (C=O) groups is 2. The summed E-state index contributed by atoms with van der Waals surface area (Å²) in [6, 6.07) is 10.4. The van der Waals surface area contributed by atoms with Crippen molar-refractivity contribution in [3.8, 4) is 5.75 Å². The number of likely N-dealkylation sites (N-methyl/N-ethyl adjacent to an activating group) is 1. The lowest BCUT2D eigenvalue weighted by Crippen LogP contribution is -2.55. The number of amides is 2. The van der Waals surface area contributed by atoms with E-state index in [4.69, 9.17) is 16.3 Å². The lowest BCUT2D eigenvalue weighted by atomic mass is 9.90. The minimum Gasteiger partial charge on any atom is -0.497 e. The number of hydrogen-bond donors (Lipinski definition) is 1. The first kappa shape index (κ1) is 32.5. The van der Waals surface area contributed by atoms with Crippen molar-refractivity contribution in [2.24, 2.45) is 5.92 Å². The maximum atomic E-state index is 14.0. The topological polar surface area (TPSA) is 73.3 Å². The molecule has 7 nitrogen and oxygen atoms in total. The molecule has 226 valence electrons.